The Morgan fingerprint density at radius 2 is 1.72 bits per heavy atom. The second-order valence-electron chi connectivity index (χ2n) is 6.69. The Balaban J connectivity index is 1.58. The number of anilines is 1. The molecule has 0 unspecified atom stereocenters. The molecule has 9 heteroatoms. The first-order chi connectivity index (χ1) is 15.4. The molecule has 0 radical (unpaired) electrons. The molecule has 3 aromatic rings. The van der Waals surface area contributed by atoms with Gasteiger partial charge < -0.3 is 10.1 Å². The van der Waals surface area contributed by atoms with Crippen LogP contribution in [-0.4, -0.2) is 29.6 Å². The zero-order valence-corrected chi connectivity index (χ0v) is 17.1. The van der Waals surface area contributed by atoms with E-state index in [4.69, 9.17) is 4.74 Å². The molecule has 2 N–H and O–H groups in total. The molecule has 0 spiro atoms. The molecule has 0 fully saturated rings. The van der Waals surface area contributed by atoms with Gasteiger partial charge in [-0.15, -0.1) is 0 Å². The standard InChI is InChI=1S/C23H20N4O5/c1-16-6-2-4-8-20(16)25-22(28)15-32-21-9-5-3-7-18(21)14-24-26-23(29)17-10-12-19(13-11-17)27(30)31/h2-14H,15H2,1H3,(H,25,28)(H,26,29)/b24-14+. The Morgan fingerprint density at radius 3 is 2.44 bits per heavy atom. The summed E-state index contributed by atoms with van der Waals surface area (Å²) in [6.45, 7) is 1.70. The minimum Gasteiger partial charge on any atom is -0.483 e. The minimum atomic E-state index is -0.544. The Hall–Kier alpha value is -4.53. The third kappa shape index (κ3) is 5.99. The van der Waals surface area contributed by atoms with Crippen LogP contribution in [0.25, 0.3) is 0 Å². The fourth-order valence-corrected chi connectivity index (χ4v) is 2.72. The molecule has 162 valence electrons. The van der Waals surface area contributed by atoms with Crippen LogP contribution < -0.4 is 15.5 Å². The average Bonchev–Trinajstić information content (AvgIpc) is 2.80. The normalized spacial score (nSPS) is 10.5. The summed E-state index contributed by atoms with van der Waals surface area (Å²) in [4.78, 5) is 34.5. The van der Waals surface area contributed by atoms with Crippen molar-refractivity contribution in [2.24, 2.45) is 5.10 Å². The SMILES string of the molecule is Cc1ccccc1NC(=O)COc1ccccc1/C=N/NC(=O)c1ccc([N+](=O)[O-])cc1. The van der Waals surface area contributed by atoms with Crippen molar-refractivity contribution in [2.75, 3.05) is 11.9 Å². The zero-order chi connectivity index (χ0) is 22.9. The maximum atomic E-state index is 12.2. The molecular weight excluding hydrogens is 412 g/mol. The third-order valence-electron chi connectivity index (χ3n) is 4.41. The molecule has 0 aliphatic carbocycles. The van der Waals surface area contributed by atoms with Gasteiger partial charge in [0.05, 0.1) is 11.1 Å². The van der Waals surface area contributed by atoms with E-state index in [-0.39, 0.29) is 23.8 Å². The van der Waals surface area contributed by atoms with Gasteiger partial charge in [-0.1, -0.05) is 30.3 Å². The number of nitro benzene ring substituents is 1. The number of nitrogens with one attached hydrogen (secondary N) is 2. The molecule has 0 aliphatic rings. The minimum absolute atomic E-state index is 0.109. The Labute approximate surface area is 183 Å². The summed E-state index contributed by atoms with van der Waals surface area (Å²) < 4.78 is 5.61. The lowest BCUT2D eigenvalue weighted by atomic mass is 10.2. The van der Waals surface area contributed by atoms with Crippen molar-refractivity contribution >= 4 is 29.4 Å². The van der Waals surface area contributed by atoms with Crippen molar-refractivity contribution in [2.45, 2.75) is 6.92 Å². The monoisotopic (exact) mass is 432 g/mol. The first kappa shape index (κ1) is 22.2. The lowest BCUT2D eigenvalue weighted by molar-refractivity contribution is -0.384. The lowest BCUT2D eigenvalue weighted by Crippen LogP contribution is -2.21. The molecule has 0 atom stereocenters. The number of aryl methyl sites for hydroxylation is 1. The largest absolute Gasteiger partial charge is 0.483 e. The average molecular weight is 432 g/mol. The van der Waals surface area contributed by atoms with Gasteiger partial charge >= 0.3 is 0 Å². The van der Waals surface area contributed by atoms with Crippen LogP contribution in [0.2, 0.25) is 0 Å². The molecule has 0 bridgehead atoms. The summed E-state index contributed by atoms with van der Waals surface area (Å²) in [6.07, 6.45) is 1.39. The molecule has 3 rings (SSSR count). The fraction of sp³-hybridized carbons (Fsp3) is 0.0870. The summed E-state index contributed by atoms with van der Waals surface area (Å²) in [7, 11) is 0. The second-order valence-corrected chi connectivity index (χ2v) is 6.69. The number of ether oxygens (including phenoxy) is 1. The molecule has 9 nitrogen and oxygen atoms in total. The number of non-ortho nitro benzene ring substituents is 1. The van der Waals surface area contributed by atoms with Gasteiger partial charge in [0, 0.05) is 28.9 Å². The quantitative estimate of drug-likeness (QED) is 0.319. The summed E-state index contributed by atoms with van der Waals surface area (Å²) >= 11 is 0. The van der Waals surface area contributed by atoms with Gasteiger partial charge in [-0.3, -0.25) is 19.7 Å². The van der Waals surface area contributed by atoms with E-state index in [1.54, 1.807) is 30.3 Å². The first-order valence-electron chi connectivity index (χ1n) is 9.59. The molecule has 0 saturated heterocycles. The van der Waals surface area contributed by atoms with Crippen LogP contribution in [0.4, 0.5) is 11.4 Å². The third-order valence-corrected chi connectivity index (χ3v) is 4.41. The molecule has 3 aromatic carbocycles. The molecule has 2 amide bonds. The number of hydrazone groups is 1. The van der Waals surface area contributed by atoms with Crippen LogP contribution in [0, 0.1) is 17.0 Å². The van der Waals surface area contributed by atoms with E-state index >= 15 is 0 Å². The number of benzene rings is 3. The maximum Gasteiger partial charge on any atom is 0.271 e. The van der Waals surface area contributed by atoms with Crippen molar-refractivity contribution in [3.8, 4) is 5.75 Å². The predicted octanol–water partition coefficient (Wildman–Crippen LogP) is 3.68. The van der Waals surface area contributed by atoms with Gasteiger partial charge in [-0.25, -0.2) is 5.43 Å². The number of amides is 2. The van der Waals surface area contributed by atoms with Gasteiger partial charge in [0.15, 0.2) is 6.61 Å². The van der Waals surface area contributed by atoms with E-state index in [1.165, 1.54) is 30.5 Å². The van der Waals surface area contributed by atoms with E-state index in [2.05, 4.69) is 15.8 Å². The predicted molar refractivity (Wildman–Crippen MR) is 120 cm³/mol. The van der Waals surface area contributed by atoms with E-state index in [9.17, 15) is 19.7 Å². The molecule has 0 saturated carbocycles. The van der Waals surface area contributed by atoms with E-state index in [0.717, 1.165) is 5.56 Å². The Bertz CT molecular complexity index is 1160. The van der Waals surface area contributed by atoms with Gasteiger partial charge in [-0.05, 0) is 42.8 Å². The molecule has 0 heterocycles. The summed E-state index contributed by atoms with van der Waals surface area (Å²) in [6, 6.07) is 19.5. The molecule has 0 aliphatic heterocycles. The zero-order valence-electron chi connectivity index (χ0n) is 17.1. The van der Waals surface area contributed by atoms with Crippen LogP contribution in [0.3, 0.4) is 0 Å². The number of carbonyl (C=O) groups is 2. The highest BCUT2D eigenvalue weighted by molar-refractivity contribution is 5.95. The Morgan fingerprint density at radius 1 is 1.03 bits per heavy atom. The van der Waals surface area contributed by atoms with Crippen molar-refractivity contribution in [3.63, 3.8) is 0 Å². The first-order valence-corrected chi connectivity index (χ1v) is 9.59. The van der Waals surface area contributed by atoms with Crippen LogP contribution in [0.1, 0.15) is 21.5 Å². The Kier molecular flexibility index (Phi) is 7.26. The van der Waals surface area contributed by atoms with Crippen LogP contribution >= 0.6 is 0 Å². The smallest absolute Gasteiger partial charge is 0.271 e. The van der Waals surface area contributed by atoms with E-state index in [1.807, 2.05) is 25.1 Å². The van der Waals surface area contributed by atoms with Gasteiger partial charge in [-0.2, -0.15) is 5.10 Å². The molecular formula is C23H20N4O5. The van der Waals surface area contributed by atoms with E-state index in [0.29, 0.717) is 17.0 Å². The summed E-state index contributed by atoms with van der Waals surface area (Å²) in [5.41, 5.74) is 4.68. The van der Waals surface area contributed by atoms with Crippen molar-refractivity contribution < 1.29 is 19.2 Å². The van der Waals surface area contributed by atoms with E-state index < -0.39 is 10.8 Å². The number of para-hydroxylation sites is 2. The highest BCUT2D eigenvalue weighted by Crippen LogP contribution is 2.17. The maximum absolute atomic E-state index is 12.2. The number of nitrogens with zero attached hydrogens (tertiary/aromatic N) is 2. The van der Waals surface area contributed by atoms with Crippen molar-refractivity contribution in [1.82, 2.24) is 5.43 Å². The second kappa shape index (κ2) is 10.5. The number of nitro groups is 1. The van der Waals surface area contributed by atoms with Gasteiger partial charge in [0.2, 0.25) is 0 Å². The highest BCUT2D eigenvalue weighted by Gasteiger charge is 2.10. The number of hydrogen-bond donors (Lipinski definition) is 2. The molecule has 0 aromatic heterocycles. The van der Waals surface area contributed by atoms with Gasteiger partial charge in [0.1, 0.15) is 5.75 Å². The lowest BCUT2D eigenvalue weighted by Gasteiger charge is -2.11. The van der Waals surface area contributed by atoms with Crippen LogP contribution in [0.15, 0.2) is 77.9 Å². The van der Waals surface area contributed by atoms with Crippen LogP contribution in [-0.2, 0) is 4.79 Å². The highest BCUT2D eigenvalue weighted by atomic mass is 16.6. The van der Waals surface area contributed by atoms with Gasteiger partial charge in [0.25, 0.3) is 17.5 Å². The number of rotatable bonds is 8. The summed E-state index contributed by atoms with van der Waals surface area (Å²) in [5.74, 6) is -0.412. The van der Waals surface area contributed by atoms with Crippen molar-refractivity contribution in [3.05, 3.63) is 99.6 Å². The fourth-order valence-electron chi connectivity index (χ4n) is 2.72. The topological polar surface area (TPSA) is 123 Å². The number of carbonyl (C=O) groups excluding carboxylic acids is 2. The summed E-state index contributed by atoms with van der Waals surface area (Å²) in [5, 5.41) is 17.4. The van der Waals surface area contributed by atoms with Crippen molar-refractivity contribution in [1.29, 1.82) is 0 Å². The van der Waals surface area contributed by atoms with Crippen LogP contribution in [0.5, 0.6) is 5.75 Å². The number of hydrogen-bond acceptors (Lipinski definition) is 6. The molecule has 32 heavy (non-hydrogen) atoms.